The van der Waals surface area contributed by atoms with Gasteiger partial charge in [-0.05, 0) is 38.5 Å². The minimum absolute atomic E-state index is 0.119. The molecule has 7 heteroatoms. The van der Waals surface area contributed by atoms with Crippen LogP contribution < -0.4 is 0 Å². The predicted octanol–water partition coefficient (Wildman–Crippen LogP) is 4.45. The van der Waals surface area contributed by atoms with Gasteiger partial charge in [0, 0.05) is 5.57 Å². The number of hydrogen-bond acceptors (Lipinski definition) is 4. The molecule has 0 aliphatic carbocycles. The first-order valence-corrected chi connectivity index (χ1v) is 9.06. The number of imide groups is 1. The summed E-state index contributed by atoms with van der Waals surface area (Å²) in [4.78, 5) is 38.6. The van der Waals surface area contributed by atoms with Crippen LogP contribution in [-0.2, 0) is 4.74 Å². The number of hydrogen-bond donors (Lipinski definition) is 0. The third-order valence-electron chi connectivity index (χ3n) is 4.21. The predicted molar refractivity (Wildman–Crippen MR) is 105 cm³/mol. The number of ether oxygens (including phenoxy) is 1. The number of nitrogens with zero attached hydrogens (tertiary/aromatic N) is 2. The van der Waals surface area contributed by atoms with E-state index < -0.39 is 23.5 Å². The molecule has 0 fully saturated rings. The Bertz CT molecular complexity index is 945. The van der Waals surface area contributed by atoms with Crippen LogP contribution >= 0.6 is 0 Å². The van der Waals surface area contributed by atoms with Crippen LogP contribution in [0.2, 0.25) is 0 Å². The maximum atomic E-state index is 13.7. The van der Waals surface area contributed by atoms with Gasteiger partial charge in [-0.25, -0.2) is 14.2 Å². The Balaban J connectivity index is 1.99. The van der Waals surface area contributed by atoms with Crippen LogP contribution in [0.15, 0.2) is 60.9 Å². The molecule has 0 atom stereocenters. The summed E-state index contributed by atoms with van der Waals surface area (Å²) in [5.74, 6) is -1.33. The summed E-state index contributed by atoms with van der Waals surface area (Å²) in [6, 6.07) is 14.8. The molecule has 150 valence electrons. The number of carbonyl (C=O) groups excluding carboxylic acids is 3. The lowest BCUT2D eigenvalue weighted by atomic mass is 10.1. The van der Waals surface area contributed by atoms with E-state index in [1.807, 2.05) is 0 Å². The molecule has 0 spiro atoms. The smallest absolute Gasteiger partial charge is 0.430 e. The lowest BCUT2D eigenvalue weighted by molar-refractivity contribution is -0.0238. The van der Waals surface area contributed by atoms with Crippen molar-refractivity contribution in [1.82, 2.24) is 10.0 Å². The second kappa shape index (κ2) is 7.87. The summed E-state index contributed by atoms with van der Waals surface area (Å²) in [7, 11) is 0. The molecule has 0 saturated carbocycles. The van der Waals surface area contributed by atoms with Crippen molar-refractivity contribution < 1.29 is 23.5 Å². The molecule has 2 aromatic rings. The summed E-state index contributed by atoms with van der Waals surface area (Å²) < 4.78 is 19.1. The molecule has 0 radical (unpaired) electrons. The first-order chi connectivity index (χ1) is 13.7. The van der Waals surface area contributed by atoms with Crippen LogP contribution in [0, 0.1) is 0 Å². The minimum atomic E-state index is -0.928. The maximum Gasteiger partial charge on any atom is 0.430 e. The fourth-order valence-corrected chi connectivity index (χ4v) is 2.93. The van der Waals surface area contributed by atoms with Gasteiger partial charge >= 0.3 is 6.09 Å². The third kappa shape index (κ3) is 4.18. The van der Waals surface area contributed by atoms with Crippen LogP contribution in [-0.4, -0.2) is 40.1 Å². The topological polar surface area (TPSA) is 66.9 Å². The molecular weight excluding hydrogens is 375 g/mol. The number of amides is 3. The van der Waals surface area contributed by atoms with Crippen molar-refractivity contribution in [3.63, 3.8) is 0 Å². The largest absolute Gasteiger partial charge is 0.442 e. The molecule has 0 aromatic heterocycles. The van der Waals surface area contributed by atoms with E-state index in [1.54, 1.807) is 63.2 Å². The highest BCUT2D eigenvalue weighted by molar-refractivity contribution is 6.21. The Morgan fingerprint density at radius 1 is 1.00 bits per heavy atom. The van der Waals surface area contributed by atoms with Crippen molar-refractivity contribution in [2.24, 2.45) is 0 Å². The number of halogens is 1. The first-order valence-electron chi connectivity index (χ1n) is 9.06. The average Bonchev–Trinajstić information content (AvgIpc) is 2.93. The van der Waals surface area contributed by atoms with Crippen molar-refractivity contribution >= 4 is 23.5 Å². The van der Waals surface area contributed by atoms with Gasteiger partial charge in [-0.3, -0.25) is 9.59 Å². The van der Waals surface area contributed by atoms with E-state index >= 15 is 0 Å². The Morgan fingerprint density at radius 3 is 2.00 bits per heavy atom. The molecule has 3 rings (SSSR count). The normalized spacial score (nSPS) is 14.1. The zero-order valence-corrected chi connectivity index (χ0v) is 16.4. The lowest BCUT2D eigenvalue weighted by Gasteiger charge is -2.32. The molecule has 6 nitrogen and oxygen atoms in total. The van der Waals surface area contributed by atoms with Gasteiger partial charge in [0.2, 0.25) is 0 Å². The fourth-order valence-electron chi connectivity index (χ4n) is 2.93. The number of fused-ring (bicyclic) bond motifs is 1. The molecule has 0 unspecified atom stereocenters. The van der Waals surface area contributed by atoms with Gasteiger partial charge in [0.1, 0.15) is 5.60 Å². The van der Waals surface area contributed by atoms with Crippen LogP contribution in [0.3, 0.4) is 0 Å². The number of benzene rings is 2. The molecular formula is C22H21FN2O4. The third-order valence-corrected chi connectivity index (χ3v) is 4.21. The molecule has 1 heterocycles. The number of hydrazine groups is 1. The SMILES string of the molecule is CC(C)(C)OC(=O)N(C/C(=C/F)c1ccccc1)N1C(=O)c2ccccc2C1=O. The van der Waals surface area contributed by atoms with E-state index in [2.05, 4.69) is 0 Å². The zero-order valence-electron chi connectivity index (χ0n) is 16.4. The lowest BCUT2D eigenvalue weighted by Crippen LogP contribution is -2.51. The standard InChI is InChI=1S/C22H21FN2O4/c1-22(2,3)29-21(28)24(14-16(13-23)15-9-5-4-6-10-15)25-19(26)17-11-7-8-12-18(17)20(25)27/h4-13H,14H2,1-3H3/b16-13-. The van der Waals surface area contributed by atoms with Crippen molar-refractivity contribution in [1.29, 1.82) is 0 Å². The van der Waals surface area contributed by atoms with Crippen molar-refractivity contribution in [3.8, 4) is 0 Å². The Morgan fingerprint density at radius 2 is 1.52 bits per heavy atom. The van der Waals surface area contributed by atoms with Crippen LogP contribution in [0.5, 0.6) is 0 Å². The Hall–Kier alpha value is -3.48. The highest BCUT2D eigenvalue weighted by Crippen LogP contribution is 2.27. The maximum absolute atomic E-state index is 13.7. The molecule has 0 N–H and O–H groups in total. The zero-order chi connectivity index (χ0) is 21.2. The molecule has 1 aliphatic heterocycles. The van der Waals surface area contributed by atoms with Crippen molar-refractivity contribution in [2.45, 2.75) is 26.4 Å². The summed E-state index contributed by atoms with van der Waals surface area (Å²) in [6.07, 6.45) is -0.576. The summed E-state index contributed by atoms with van der Waals surface area (Å²) in [5, 5.41) is 1.56. The fraction of sp³-hybridized carbons (Fsp3) is 0.227. The quantitative estimate of drug-likeness (QED) is 0.717. The first kappa shape index (κ1) is 20.3. The van der Waals surface area contributed by atoms with Gasteiger partial charge in [0.15, 0.2) is 0 Å². The van der Waals surface area contributed by atoms with E-state index in [-0.39, 0.29) is 23.2 Å². The van der Waals surface area contributed by atoms with Crippen LogP contribution in [0.4, 0.5) is 9.18 Å². The van der Waals surface area contributed by atoms with Gasteiger partial charge in [-0.15, -0.1) is 0 Å². The highest BCUT2D eigenvalue weighted by atomic mass is 19.1. The average molecular weight is 396 g/mol. The summed E-state index contributed by atoms with van der Waals surface area (Å²) in [6.45, 7) is 4.62. The highest BCUT2D eigenvalue weighted by Gasteiger charge is 2.42. The molecule has 2 aromatic carbocycles. The van der Waals surface area contributed by atoms with Gasteiger partial charge in [-0.2, -0.15) is 5.01 Å². The van der Waals surface area contributed by atoms with E-state index in [0.29, 0.717) is 16.9 Å². The van der Waals surface area contributed by atoms with E-state index in [0.717, 1.165) is 5.01 Å². The van der Waals surface area contributed by atoms with Crippen LogP contribution in [0.1, 0.15) is 47.1 Å². The molecule has 3 amide bonds. The van der Waals surface area contributed by atoms with Crippen LogP contribution in [0.25, 0.3) is 5.57 Å². The molecule has 1 aliphatic rings. The van der Waals surface area contributed by atoms with Crippen molar-refractivity contribution in [3.05, 3.63) is 77.6 Å². The minimum Gasteiger partial charge on any atom is -0.442 e. The van der Waals surface area contributed by atoms with Crippen molar-refractivity contribution in [2.75, 3.05) is 6.54 Å². The number of carbonyl (C=O) groups is 3. The summed E-state index contributed by atoms with van der Waals surface area (Å²) >= 11 is 0. The van der Waals surface area contributed by atoms with Gasteiger partial charge in [0.25, 0.3) is 11.8 Å². The molecule has 0 saturated heterocycles. The number of rotatable bonds is 4. The van der Waals surface area contributed by atoms with E-state index in [4.69, 9.17) is 4.74 Å². The second-order valence-corrected chi connectivity index (χ2v) is 7.51. The van der Waals surface area contributed by atoms with Gasteiger partial charge in [0.05, 0.1) is 24.0 Å². The monoisotopic (exact) mass is 396 g/mol. The Labute approximate surface area is 168 Å². The Kier molecular flexibility index (Phi) is 5.50. The molecule has 0 bridgehead atoms. The van der Waals surface area contributed by atoms with Gasteiger partial charge in [-0.1, -0.05) is 42.5 Å². The van der Waals surface area contributed by atoms with E-state index in [1.165, 1.54) is 12.1 Å². The second-order valence-electron chi connectivity index (χ2n) is 7.51. The molecule has 29 heavy (non-hydrogen) atoms. The van der Waals surface area contributed by atoms with Gasteiger partial charge < -0.3 is 4.74 Å². The summed E-state index contributed by atoms with van der Waals surface area (Å²) in [5.41, 5.74) is 0.113. The van der Waals surface area contributed by atoms with E-state index in [9.17, 15) is 18.8 Å².